The highest BCUT2D eigenvalue weighted by molar-refractivity contribution is 5.60. The van der Waals surface area contributed by atoms with E-state index in [9.17, 15) is 4.39 Å². The molecule has 1 heterocycles. The molecule has 3 nitrogen and oxygen atoms in total. The Kier molecular flexibility index (Phi) is 6.73. The van der Waals surface area contributed by atoms with E-state index in [1.807, 2.05) is 24.3 Å². The van der Waals surface area contributed by atoms with Crippen LogP contribution in [-0.2, 0) is 6.54 Å². The van der Waals surface area contributed by atoms with Crippen LogP contribution in [0.2, 0.25) is 0 Å². The third-order valence-corrected chi connectivity index (χ3v) is 4.13. The van der Waals surface area contributed by atoms with Gasteiger partial charge in [0.2, 0.25) is 0 Å². The number of nitrogens with one attached hydrogen (secondary N) is 1. The fourth-order valence-electron chi connectivity index (χ4n) is 2.20. The Bertz CT molecular complexity index is 641. The quantitative estimate of drug-likeness (QED) is 0.754. The van der Waals surface area contributed by atoms with Crippen molar-refractivity contribution in [3.8, 4) is 17.0 Å². The summed E-state index contributed by atoms with van der Waals surface area (Å²) < 4.78 is 19.6. The Morgan fingerprint density at radius 2 is 1.79 bits per heavy atom. The molecule has 130 valence electrons. The van der Waals surface area contributed by atoms with Gasteiger partial charge in [0.1, 0.15) is 11.6 Å². The van der Waals surface area contributed by atoms with Crippen molar-refractivity contribution in [2.45, 2.75) is 46.7 Å². The van der Waals surface area contributed by atoms with Gasteiger partial charge >= 0.3 is 0 Å². The fraction of sp³-hybridized carbons (Fsp3) is 0.450. The maximum absolute atomic E-state index is 14.0. The molecular formula is C20H27FN2O. The number of halogens is 1. The molecule has 0 spiro atoms. The molecule has 1 atom stereocenters. The van der Waals surface area contributed by atoms with Crippen molar-refractivity contribution in [2.24, 2.45) is 5.92 Å². The first-order valence-electron chi connectivity index (χ1n) is 8.63. The van der Waals surface area contributed by atoms with Crippen LogP contribution in [0.3, 0.4) is 0 Å². The summed E-state index contributed by atoms with van der Waals surface area (Å²) in [7, 11) is 0. The predicted octanol–water partition coefficient (Wildman–Crippen LogP) is 4.81. The van der Waals surface area contributed by atoms with Crippen molar-refractivity contribution in [1.29, 1.82) is 0 Å². The first-order valence-corrected chi connectivity index (χ1v) is 8.63. The summed E-state index contributed by atoms with van der Waals surface area (Å²) in [6.07, 6.45) is 0.979. The number of pyridine rings is 1. The average molecular weight is 330 g/mol. The highest BCUT2D eigenvalue weighted by Crippen LogP contribution is 2.22. The van der Waals surface area contributed by atoms with E-state index in [-0.39, 0.29) is 5.82 Å². The van der Waals surface area contributed by atoms with E-state index < -0.39 is 0 Å². The van der Waals surface area contributed by atoms with Crippen LogP contribution in [0.25, 0.3) is 11.3 Å². The topological polar surface area (TPSA) is 34.1 Å². The lowest BCUT2D eigenvalue weighted by molar-refractivity contribution is 0.317. The molecular weight excluding hydrogens is 303 g/mol. The summed E-state index contributed by atoms with van der Waals surface area (Å²) in [4.78, 5) is 4.49. The van der Waals surface area contributed by atoms with Crippen LogP contribution in [0.4, 0.5) is 4.39 Å². The summed E-state index contributed by atoms with van der Waals surface area (Å²) in [6, 6.07) is 11.3. The molecule has 24 heavy (non-hydrogen) atoms. The summed E-state index contributed by atoms with van der Waals surface area (Å²) in [5.41, 5.74) is 2.18. The van der Waals surface area contributed by atoms with E-state index >= 15 is 0 Å². The van der Waals surface area contributed by atoms with Gasteiger partial charge in [-0.1, -0.05) is 20.8 Å². The molecule has 1 aromatic heterocycles. The van der Waals surface area contributed by atoms with E-state index in [1.54, 1.807) is 6.07 Å². The number of nitrogens with zero attached hydrogens (tertiary/aromatic N) is 1. The van der Waals surface area contributed by atoms with Crippen LogP contribution < -0.4 is 10.1 Å². The van der Waals surface area contributed by atoms with Gasteiger partial charge < -0.3 is 10.1 Å². The maximum atomic E-state index is 14.0. The molecule has 0 saturated heterocycles. The second-order valence-electron chi connectivity index (χ2n) is 6.41. The minimum atomic E-state index is -0.273. The largest absolute Gasteiger partial charge is 0.494 e. The number of hydrogen-bond acceptors (Lipinski definition) is 3. The molecule has 2 aromatic rings. The smallest absolute Gasteiger partial charge is 0.146 e. The van der Waals surface area contributed by atoms with E-state index in [0.29, 0.717) is 30.8 Å². The molecule has 0 aliphatic rings. The fourth-order valence-corrected chi connectivity index (χ4v) is 2.20. The lowest BCUT2D eigenvalue weighted by Gasteiger charge is -2.17. The summed E-state index contributed by atoms with van der Waals surface area (Å²) in [6.45, 7) is 9.59. The van der Waals surface area contributed by atoms with Crippen LogP contribution >= 0.6 is 0 Å². The van der Waals surface area contributed by atoms with Gasteiger partial charge in [-0.25, -0.2) is 9.37 Å². The Balaban J connectivity index is 2.12. The molecule has 0 aliphatic carbocycles. The number of ether oxygens (including phenoxy) is 1. The van der Waals surface area contributed by atoms with Crippen molar-refractivity contribution in [1.82, 2.24) is 10.3 Å². The van der Waals surface area contributed by atoms with Crippen LogP contribution in [0.5, 0.6) is 5.75 Å². The molecule has 0 saturated carbocycles. The highest BCUT2D eigenvalue weighted by atomic mass is 19.1. The zero-order valence-corrected chi connectivity index (χ0v) is 15.0. The Morgan fingerprint density at radius 1 is 1.08 bits per heavy atom. The van der Waals surface area contributed by atoms with Gasteiger partial charge in [-0.3, -0.25) is 0 Å². The molecule has 1 N–H and O–H groups in total. The molecule has 0 aliphatic heterocycles. The zero-order valence-electron chi connectivity index (χ0n) is 15.0. The van der Waals surface area contributed by atoms with Gasteiger partial charge in [-0.2, -0.15) is 0 Å². The lowest BCUT2D eigenvalue weighted by Crippen LogP contribution is -2.30. The monoisotopic (exact) mass is 330 g/mol. The number of aromatic nitrogens is 1. The number of hydrogen-bond donors (Lipinski definition) is 1. The van der Waals surface area contributed by atoms with Crippen LogP contribution in [-0.4, -0.2) is 17.6 Å². The van der Waals surface area contributed by atoms with Gasteiger partial charge in [-0.05, 0) is 55.7 Å². The van der Waals surface area contributed by atoms with E-state index in [4.69, 9.17) is 4.74 Å². The first kappa shape index (κ1) is 18.4. The molecule has 0 fully saturated rings. The van der Waals surface area contributed by atoms with Gasteiger partial charge in [0.15, 0.2) is 0 Å². The second kappa shape index (κ2) is 8.78. The Morgan fingerprint density at radius 3 is 2.42 bits per heavy atom. The number of benzene rings is 1. The lowest BCUT2D eigenvalue weighted by atomic mass is 10.1. The SMILES string of the molecule is CCCOc1ccc(-c2ccc(F)c(CN[C@H](C)C(C)C)n2)cc1. The summed E-state index contributed by atoms with van der Waals surface area (Å²) >= 11 is 0. The molecule has 0 amide bonds. The van der Waals surface area contributed by atoms with Crippen molar-refractivity contribution in [3.05, 3.63) is 47.9 Å². The highest BCUT2D eigenvalue weighted by Gasteiger charge is 2.11. The minimum absolute atomic E-state index is 0.273. The van der Waals surface area contributed by atoms with Gasteiger partial charge in [0.25, 0.3) is 0 Å². The third-order valence-electron chi connectivity index (χ3n) is 4.13. The van der Waals surface area contributed by atoms with E-state index in [0.717, 1.165) is 23.4 Å². The molecule has 4 heteroatoms. The van der Waals surface area contributed by atoms with E-state index in [1.165, 1.54) is 6.07 Å². The molecule has 0 radical (unpaired) electrons. The molecule has 0 unspecified atom stereocenters. The van der Waals surface area contributed by atoms with Crippen LogP contribution in [0.1, 0.15) is 39.8 Å². The number of rotatable bonds is 8. The van der Waals surface area contributed by atoms with Crippen LogP contribution in [0, 0.1) is 11.7 Å². The van der Waals surface area contributed by atoms with Crippen LogP contribution in [0.15, 0.2) is 36.4 Å². The third kappa shape index (κ3) is 5.03. The zero-order chi connectivity index (χ0) is 17.5. The van der Waals surface area contributed by atoms with Crippen molar-refractivity contribution >= 4 is 0 Å². The van der Waals surface area contributed by atoms with Gasteiger partial charge in [0.05, 0.1) is 18.0 Å². The predicted molar refractivity (Wildman–Crippen MR) is 96.6 cm³/mol. The average Bonchev–Trinajstić information content (AvgIpc) is 2.59. The van der Waals surface area contributed by atoms with Gasteiger partial charge in [-0.15, -0.1) is 0 Å². The first-order chi connectivity index (χ1) is 11.5. The Labute approximate surface area is 144 Å². The molecule has 2 rings (SSSR count). The van der Waals surface area contributed by atoms with Crippen molar-refractivity contribution < 1.29 is 9.13 Å². The minimum Gasteiger partial charge on any atom is -0.494 e. The standard InChI is InChI=1S/C20H27FN2O/c1-5-12-24-17-8-6-16(7-9-17)19-11-10-18(21)20(23-19)13-22-15(4)14(2)3/h6-11,14-15,22H,5,12-13H2,1-4H3/t15-/m1/s1. The second-order valence-corrected chi connectivity index (χ2v) is 6.41. The summed E-state index contributed by atoms with van der Waals surface area (Å²) in [5.74, 6) is 1.06. The Hall–Kier alpha value is -1.94. The summed E-state index contributed by atoms with van der Waals surface area (Å²) in [5, 5.41) is 3.33. The molecule has 1 aromatic carbocycles. The molecule has 0 bridgehead atoms. The van der Waals surface area contributed by atoms with Crippen molar-refractivity contribution in [3.63, 3.8) is 0 Å². The normalized spacial score (nSPS) is 12.4. The van der Waals surface area contributed by atoms with Gasteiger partial charge in [0, 0.05) is 18.2 Å². The maximum Gasteiger partial charge on any atom is 0.146 e. The van der Waals surface area contributed by atoms with E-state index in [2.05, 4.69) is 38.0 Å². The van der Waals surface area contributed by atoms with Crippen molar-refractivity contribution in [2.75, 3.05) is 6.61 Å².